The molecule has 2 fully saturated rings. The highest BCUT2D eigenvalue weighted by Gasteiger charge is 2.25. The normalized spacial score (nSPS) is 18.1. The first kappa shape index (κ1) is 24.2. The average molecular weight is 526 g/mol. The Morgan fingerprint density at radius 3 is 2.51 bits per heavy atom. The zero-order chi connectivity index (χ0) is 26.0. The first-order chi connectivity index (χ1) is 19.3. The zero-order valence-corrected chi connectivity index (χ0v) is 22.3. The molecule has 0 unspecified atom stereocenters. The number of fused-ring (bicyclic) bond motifs is 2. The number of nitrogens with zero attached hydrogens (tertiary/aromatic N) is 6. The molecule has 2 aromatic heterocycles. The third-order valence-electron chi connectivity index (χ3n) is 8.18. The van der Waals surface area contributed by atoms with Crippen molar-refractivity contribution < 1.29 is 9.47 Å². The van der Waals surface area contributed by atoms with Gasteiger partial charge in [0.15, 0.2) is 28.5 Å². The first-order valence-corrected chi connectivity index (χ1v) is 14.2. The van der Waals surface area contributed by atoms with E-state index in [2.05, 4.69) is 56.1 Å². The summed E-state index contributed by atoms with van der Waals surface area (Å²) in [5.41, 5.74) is 4.27. The van der Waals surface area contributed by atoms with Crippen LogP contribution in [0.15, 0.2) is 54.9 Å². The summed E-state index contributed by atoms with van der Waals surface area (Å²) < 4.78 is 13.3. The van der Waals surface area contributed by atoms with Crippen molar-refractivity contribution in [2.45, 2.75) is 51.2 Å². The van der Waals surface area contributed by atoms with Crippen LogP contribution in [0.25, 0.3) is 11.2 Å². The van der Waals surface area contributed by atoms with Crippen LogP contribution in [-0.2, 0) is 13.1 Å². The van der Waals surface area contributed by atoms with Crippen molar-refractivity contribution in [3.63, 3.8) is 0 Å². The predicted octanol–water partition coefficient (Wildman–Crippen LogP) is 4.99. The van der Waals surface area contributed by atoms with Gasteiger partial charge in [-0.05, 0) is 36.1 Å². The molecule has 0 amide bonds. The van der Waals surface area contributed by atoms with Crippen LogP contribution >= 0.6 is 0 Å². The van der Waals surface area contributed by atoms with Crippen LogP contribution in [0.2, 0.25) is 0 Å². The van der Waals surface area contributed by atoms with Crippen LogP contribution in [0.3, 0.4) is 0 Å². The maximum Gasteiger partial charge on any atom is 0.231 e. The lowest BCUT2D eigenvalue weighted by atomic mass is 9.95. The van der Waals surface area contributed by atoms with Crippen LogP contribution < -0.4 is 19.7 Å². The number of imidazole rings is 1. The van der Waals surface area contributed by atoms with Crippen molar-refractivity contribution in [2.75, 3.05) is 43.2 Å². The Morgan fingerprint density at radius 2 is 1.67 bits per heavy atom. The van der Waals surface area contributed by atoms with E-state index < -0.39 is 0 Å². The maximum absolute atomic E-state index is 5.57. The van der Waals surface area contributed by atoms with E-state index in [1.54, 1.807) is 0 Å². The minimum Gasteiger partial charge on any atom is -0.454 e. The molecule has 1 N–H and O–H groups in total. The fourth-order valence-electron chi connectivity index (χ4n) is 5.98. The monoisotopic (exact) mass is 525 g/mol. The van der Waals surface area contributed by atoms with Gasteiger partial charge < -0.3 is 24.3 Å². The molecular weight excluding hydrogens is 490 g/mol. The van der Waals surface area contributed by atoms with Gasteiger partial charge in [-0.25, -0.2) is 4.98 Å². The van der Waals surface area contributed by atoms with Gasteiger partial charge in [0.1, 0.15) is 0 Å². The summed E-state index contributed by atoms with van der Waals surface area (Å²) >= 11 is 0. The van der Waals surface area contributed by atoms with Crippen molar-refractivity contribution in [3.05, 3.63) is 66.0 Å². The largest absolute Gasteiger partial charge is 0.454 e. The predicted molar refractivity (Wildman–Crippen MR) is 151 cm³/mol. The second kappa shape index (κ2) is 10.7. The Morgan fingerprint density at radius 1 is 0.846 bits per heavy atom. The minimum absolute atomic E-state index is 0.309. The number of ether oxygens (including phenoxy) is 2. The highest BCUT2D eigenvalue weighted by molar-refractivity contribution is 5.84. The number of anilines is 2. The molecule has 4 heterocycles. The standard InChI is InChI=1S/C30H35N7O2/c1-3-7-22(8-4-1)18-31-28-27-29(37(20-32-27)24-9-5-2-6-10-24)34-30(33-28)36-15-13-35(14-16-36)19-23-11-12-25-26(17-23)39-21-38-25/h1,3-4,7-8,11-12,17,20,24H,2,5-6,9-10,13-16,18-19,21H2,(H,31,33,34). The van der Waals surface area contributed by atoms with E-state index in [0.717, 1.165) is 67.2 Å². The molecule has 202 valence electrons. The average Bonchev–Trinajstić information content (AvgIpc) is 3.64. The number of rotatable bonds is 7. The molecule has 0 atom stereocenters. The molecule has 0 spiro atoms. The van der Waals surface area contributed by atoms with Gasteiger partial charge in [-0.2, -0.15) is 9.97 Å². The van der Waals surface area contributed by atoms with Gasteiger partial charge >= 0.3 is 0 Å². The summed E-state index contributed by atoms with van der Waals surface area (Å²) in [5.74, 6) is 3.28. The highest BCUT2D eigenvalue weighted by Crippen LogP contribution is 2.34. The topological polar surface area (TPSA) is 80.6 Å². The lowest BCUT2D eigenvalue weighted by molar-refractivity contribution is 0.174. The number of aromatic nitrogens is 4. The van der Waals surface area contributed by atoms with Gasteiger partial charge in [0.2, 0.25) is 12.7 Å². The Bertz CT molecular complexity index is 1430. The molecule has 0 radical (unpaired) electrons. The number of nitrogens with one attached hydrogen (secondary N) is 1. The number of hydrogen-bond acceptors (Lipinski definition) is 8. The van der Waals surface area contributed by atoms with Gasteiger partial charge in [0.25, 0.3) is 0 Å². The molecule has 1 aliphatic carbocycles. The fraction of sp³-hybridized carbons (Fsp3) is 0.433. The van der Waals surface area contributed by atoms with E-state index >= 15 is 0 Å². The molecule has 3 aliphatic rings. The van der Waals surface area contributed by atoms with Gasteiger partial charge in [-0.3, -0.25) is 4.90 Å². The third kappa shape index (κ3) is 5.11. The Labute approximate surface area is 228 Å². The van der Waals surface area contributed by atoms with Crippen molar-refractivity contribution >= 4 is 22.9 Å². The lowest BCUT2D eigenvalue weighted by Crippen LogP contribution is -2.46. The van der Waals surface area contributed by atoms with E-state index in [0.29, 0.717) is 19.4 Å². The second-order valence-electron chi connectivity index (χ2n) is 10.8. The van der Waals surface area contributed by atoms with Crippen LogP contribution in [-0.4, -0.2) is 57.4 Å². The highest BCUT2D eigenvalue weighted by atomic mass is 16.7. The summed E-state index contributed by atoms with van der Waals surface area (Å²) in [4.78, 5) is 19.8. The van der Waals surface area contributed by atoms with E-state index in [9.17, 15) is 0 Å². The molecule has 4 aromatic rings. The van der Waals surface area contributed by atoms with Crippen LogP contribution in [0.1, 0.15) is 49.3 Å². The Hall–Kier alpha value is -3.85. The summed E-state index contributed by atoms with van der Waals surface area (Å²) in [6.45, 7) is 5.56. The van der Waals surface area contributed by atoms with E-state index in [-0.39, 0.29) is 0 Å². The SMILES string of the molecule is c1ccc(CNc2nc(N3CCN(Cc4ccc5c(c4)OCO5)CC3)nc3c2ncn3C2CCCCC2)cc1. The van der Waals surface area contributed by atoms with E-state index in [4.69, 9.17) is 24.4 Å². The number of benzene rings is 2. The summed E-state index contributed by atoms with van der Waals surface area (Å²) in [6, 6.07) is 17.2. The molecule has 0 bridgehead atoms. The molecule has 1 saturated heterocycles. The van der Waals surface area contributed by atoms with Gasteiger partial charge in [0, 0.05) is 45.3 Å². The van der Waals surface area contributed by atoms with Crippen molar-refractivity contribution in [1.29, 1.82) is 0 Å². The van der Waals surface area contributed by atoms with Crippen molar-refractivity contribution in [2.24, 2.45) is 0 Å². The van der Waals surface area contributed by atoms with Gasteiger partial charge in [-0.1, -0.05) is 55.7 Å². The van der Waals surface area contributed by atoms with Gasteiger partial charge in [0.05, 0.1) is 6.33 Å². The molecule has 9 nitrogen and oxygen atoms in total. The molecule has 2 aliphatic heterocycles. The van der Waals surface area contributed by atoms with Gasteiger partial charge in [-0.15, -0.1) is 0 Å². The molecule has 2 aromatic carbocycles. The molecule has 7 rings (SSSR count). The number of piperazine rings is 1. The smallest absolute Gasteiger partial charge is 0.231 e. The van der Waals surface area contributed by atoms with E-state index in [1.807, 2.05) is 18.5 Å². The molecule has 9 heteroatoms. The Kier molecular flexibility index (Phi) is 6.66. The summed E-state index contributed by atoms with van der Waals surface area (Å²) in [5, 5.41) is 3.58. The summed E-state index contributed by atoms with van der Waals surface area (Å²) in [7, 11) is 0. The Balaban J connectivity index is 1.11. The fourth-order valence-corrected chi connectivity index (χ4v) is 5.98. The van der Waals surface area contributed by atoms with Crippen molar-refractivity contribution in [3.8, 4) is 11.5 Å². The second-order valence-corrected chi connectivity index (χ2v) is 10.8. The molecule has 39 heavy (non-hydrogen) atoms. The maximum atomic E-state index is 5.57. The van der Waals surface area contributed by atoms with E-state index in [1.165, 1.54) is 43.2 Å². The van der Waals surface area contributed by atoms with Crippen LogP contribution in [0.4, 0.5) is 11.8 Å². The summed E-state index contributed by atoms with van der Waals surface area (Å²) in [6.07, 6.45) is 8.23. The van der Waals surface area contributed by atoms with Crippen LogP contribution in [0.5, 0.6) is 11.5 Å². The van der Waals surface area contributed by atoms with Crippen LogP contribution in [0, 0.1) is 0 Å². The first-order valence-electron chi connectivity index (χ1n) is 14.2. The molecular formula is C30H35N7O2. The third-order valence-corrected chi connectivity index (χ3v) is 8.18. The zero-order valence-electron chi connectivity index (χ0n) is 22.3. The lowest BCUT2D eigenvalue weighted by Gasteiger charge is -2.35. The minimum atomic E-state index is 0.309. The quantitative estimate of drug-likeness (QED) is 0.361. The number of hydrogen-bond donors (Lipinski definition) is 1. The molecule has 1 saturated carbocycles. The van der Waals surface area contributed by atoms with Crippen molar-refractivity contribution in [1.82, 2.24) is 24.4 Å².